The van der Waals surface area contributed by atoms with Gasteiger partial charge in [0.2, 0.25) is 5.91 Å². The maximum absolute atomic E-state index is 13.0. The third-order valence-corrected chi connectivity index (χ3v) is 8.38. The lowest BCUT2D eigenvalue weighted by Gasteiger charge is -2.07. The van der Waals surface area contributed by atoms with Crippen LogP contribution in [0.5, 0.6) is 0 Å². The first-order valence-electron chi connectivity index (χ1n) is 11.5. The number of thiazole rings is 1. The maximum atomic E-state index is 13.0. The summed E-state index contributed by atoms with van der Waals surface area (Å²) in [6.45, 7) is 1.79. The minimum atomic E-state index is -0.298. The predicted octanol–water partition coefficient (Wildman–Crippen LogP) is 5.73. The summed E-state index contributed by atoms with van der Waals surface area (Å²) in [7, 11) is 1.78. The van der Waals surface area contributed by atoms with Crippen LogP contribution < -0.4 is 16.2 Å². The second-order valence-electron chi connectivity index (χ2n) is 8.37. The molecule has 2 aromatic heterocycles. The van der Waals surface area contributed by atoms with E-state index in [9.17, 15) is 14.4 Å². The zero-order valence-corrected chi connectivity index (χ0v) is 22.8. The van der Waals surface area contributed by atoms with Gasteiger partial charge in [-0.1, -0.05) is 53.7 Å². The Balaban J connectivity index is 1.25. The van der Waals surface area contributed by atoms with Crippen molar-refractivity contribution in [2.45, 2.75) is 11.3 Å². The van der Waals surface area contributed by atoms with Crippen LogP contribution in [0.3, 0.4) is 0 Å². The second kappa shape index (κ2) is 10.9. The van der Waals surface area contributed by atoms with Gasteiger partial charge in [0.1, 0.15) is 5.69 Å². The Morgan fingerprint density at radius 1 is 1.03 bits per heavy atom. The molecule has 5 aromatic rings. The molecule has 2 N–H and O–H groups in total. The number of halogens is 1. The molecule has 3 aromatic carbocycles. The Labute approximate surface area is 231 Å². The van der Waals surface area contributed by atoms with E-state index in [0.717, 1.165) is 15.9 Å². The molecule has 0 saturated heterocycles. The molecule has 38 heavy (non-hydrogen) atoms. The van der Waals surface area contributed by atoms with Gasteiger partial charge in [-0.05, 0) is 49.4 Å². The molecule has 0 bridgehead atoms. The number of carbonyl (C=O) groups is 2. The van der Waals surface area contributed by atoms with Crippen molar-refractivity contribution in [1.82, 2.24) is 14.3 Å². The Bertz CT molecular complexity index is 1730. The van der Waals surface area contributed by atoms with Crippen LogP contribution in [0.4, 0.5) is 11.4 Å². The summed E-state index contributed by atoms with van der Waals surface area (Å²) in [5.74, 6) is -0.504. The van der Waals surface area contributed by atoms with Crippen LogP contribution in [0.2, 0.25) is 5.02 Å². The van der Waals surface area contributed by atoms with E-state index in [2.05, 4.69) is 15.6 Å². The second-order valence-corrected chi connectivity index (χ2v) is 11.0. The third kappa shape index (κ3) is 5.24. The quantitative estimate of drug-likeness (QED) is 0.246. The van der Waals surface area contributed by atoms with Crippen LogP contribution in [-0.4, -0.2) is 31.9 Å². The number of hydrogen-bond acceptors (Lipinski definition) is 6. The molecule has 5 rings (SSSR count). The summed E-state index contributed by atoms with van der Waals surface area (Å²) in [6, 6.07) is 21.5. The number of amides is 2. The number of para-hydroxylation sites is 1. The molecule has 0 saturated carbocycles. The Morgan fingerprint density at radius 2 is 1.76 bits per heavy atom. The van der Waals surface area contributed by atoms with Crippen molar-refractivity contribution < 1.29 is 9.59 Å². The number of rotatable bonds is 7. The summed E-state index contributed by atoms with van der Waals surface area (Å²) < 4.78 is 4.81. The lowest BCUT2D eigenvalue weighted by molar-refractivity contribution is -0.113. The average molecular weight is 564 g/mol. The SMILES string of the molecule is Cc1c(NC(=O)CSc2nc3ccc(NC(=O)c4ccccc4Cl)cc3s2)c(=O)n(-c2ccccc2)n1C. The van der Waals surface area contributed by atoms with Gasteiger partial charge in [-0.3, -0.25) is 19.1 Å². The van der Waals surface area contributed by atoms with E-state index in [1.165, 1.54) is 27.8 Å². The normalized spacial score (nSPS) is 11.0. The predicted molar refractivity (Wildman–Crippen MR) is 154 cm³/mol. The van der Waals surface area contributed by atoms with Crippen LogP contribution in [0, 0.1) is 6.92 Å². The van der Waals surface area contributed by atoms with Gasteiger partial charge < -0.3 is 10.6 Å². The molecule has 2 heterocycles. The fourth-order valence-electron chi connectivity index (χ4n) is 3.90. The van der Waals surface area contributed by atoms with Gasteiger partial charge in [-0.2, -0.15) is 0 Å². The van der Waals surface area contributed by atoms with Crippen molar-refractivity contribution in [2.24, 2.45) is 7.05 Å². The lowest BCUT2D eigenvalue weighted by Crippen LogP contribution is -2.23. The number of hydrogen-bond donors (Lipinski definition) is 2. The number of carbonyl (C=O) groups excluding carboxylic acids is 2. The molecular weight excluding hydrogens is 542 g/mol. The minimum absolute atomic E-state index is 0.0923. The molecule has 192 valence electrons. The molecule has 0 atom stereocenters. The number of nitrogens with one attached hydrogen (secondary N) is 2. The fraction of sp³-hybridized carbons (Fsp3) is 0.111. The van der Waals surface area contributed by atoms with Crippen molar-refractivity contribution in [3.63, 3.8) is 0 Å². The summed E-state index contributed by atoms with van der Waals surface area (Å²) in [6.07, 6.45) is 0. The molecule has 11 heteroatoms. The molecular formula is C27H22ClN5O3S2. The zero-order chi connectivity index (χ0) is 26.8. The van der Waals surface area contributed by atoms with Gasteiger partial charge in [0.25, 0.3) is 11.5 Å². The van der Waals surface area contributed by atoms with Crippen LogP contribution in [-0.2, 0) is 11.8 Å². The molecule has 0 aliphatic heterocycles. The molecule has 8 nitrogen and oxygen atoms in total. The minimum Gasteiger partial charge on any atom is -0.322 e. The van der Waals surface area contributed by atoms with Crippen LogP contribution in [0.1, 0.15) is 16.1 Å². The molecule has 0 radical (unpaired) electrons. The largest absolute Gasteiger partial charge is 0.322 e. The molecule has 0 spiro atoms. The summed E-state index contributed by atoms with van der Waals surface area (Å²) in [5.41, 5.74) is 3.11. The summed E-state index contributed by atoms with van der Waals surface area (Å²) in [5, 5.41) is 6.01. The molecule has 2 amide bonds. The standard InChI is InChI=1S/C27H22ClN5O3S2/c1-16-24(26(36)33(32(16)2)18-8-4-3-5-9-18)31-23(34)15-37-27-30-21-13-12-17(14-22(21)38-27)29-25(35)19-10-6-7-11-20(19)28/h3-14H,15H2,1-2H3,(H,29,35)(H,31,34). The van der Waals surface area contributed by atoms with E-state index in [1.54, 1.807) is 49.0 Å². The Kier molecular flexibility index (Phi) is 7.37. The summed E-state index contributed by atoms with van der Waals surface area (Å²) >= 11 is 8.83. The van der Waals surface area contributed by atoms with Crippen molar-refractivity contribution >= 4 is 68.1 Å². The smallest absolute Gasteiger partial charge is 0.295 e. The van der Waals surface area contributed by atoms with E-state index in [-0.39, 0.29) is 28.8 Å². The van der Waals surface area contributed by atoms with E-state index < -0.39 is 0 Å². The number of anilines is 2. The third-order valence-electron chi connectivity index (χ3n) is 5.89. The summed E-state index contributed by atoms with van der Waals surface area (Å²) in [4.78, 5) is 42.9. The van der Waals surface area contributed by atoms with Gasteiger partial charge in [-0.25, -0.2) is 9.67 Å². The molecule has 0 unspecified atom stereocenters. The highest BCUT2D eigenvalue weighted by Gasteiger charge is 2.19. The van der Waals surface area contributed by atoms with Gasteiger partial charge in [0.05, 0.1) is 37.9 Å². The monoisotopic (exact) mass is 563 g/mol. The van der Waals surface area contributed by atoms with Gasteiger partial charge in [0, 0.05) is 12.7 Å². The first kappa shape index (κ1) is 25.8. The van der Waals surface area contributed by atoms with Crippen molar-refractivity contribution in [3.05, 3.63) is 99.4 Å². The molecule has 0 fully saturated rings. The highest BCUT2D eigenvalue weighted by molar-refractivity contribution is 8.01. The van der Waals surface area contributed by atoms with E-state index in [1.807, 2.05) is 42.5 Å². The number of nitrogens with zero attached hydrogens (tertiary/aromatic N) is 3. The number of benzene rings is 3. The Morgan fingerprint density at radius 3 is 2.53 bits per heavy atom. The number of fused-ring (bicyclic) bond motifs is 1. The van der Waals surface area contributed by atoms with Gasteiger partial charge in [0.15, 0.2) is 4.34 Å². The first-order chi connectivity index (χ1) is 18.3. The number of aromatic nitrogens is 3. The van der Waals surface area contributed by atoms with Crippen molar-refractivity contribution in [1.29, 1.82) is 0 Å². The average Bonchev–Trinajstić information content (AvgIpc) is 3.41. The van der Waals surface area contributed by atoms with Gasteiger partial charge >= 0.3 is 0 Å². The van der Waals surface area contributed by atoms with Crippen molar-refractivity contribution in [2.75, 3.05) is 16.4 Å². The highest BCUT2D eigenvalue weighted by Crippen LogP contribution is 2.31. The van der Waals surface area contributed by atoms with Crippen LogP contribution in [0.25, 0.3) is 15.9 Å². The molecule has 0 aliphatic carbocycles. The van der Waals surface area contributed by atoms with Crippen molar-refractivity contribution in [3.8, 4) is 5.69 Å². The van der Waals surface area contributed by atoms with E-state index in [0.29, 0.717) is 26.3 Å². The lowest BCUT2D eigenvalue weighted by atomic mass is 10.2. The number of thioether (sulfide) groups is 1. The van der Waals surface area contributed by atoms with E-state index in [4.69, 9.17) is 11.6 Å². The topological polar surface area (TPSA) is 98.0 Å². The van der Waals surface area contributed by atoms with Gasteiger partial charge in [-0.15, -0.1) is 11.3 Å². The first-order valence-corrected chi connectivity index (χ1v) is 13.7. The fourth-order valence-corrected chi connectivity index (χ4v) is 6.03. The maximum Gasteiger partial charge on any atom is 0.295 e. The Hall–Kier alpha value is -3.86. The molecule has 0 aliphatic rings. The highest BCUT2D eigenvalue weighted by atomic mass is 35.5. The zero-order valence-electron chi connectivity index (χ0n) is 20.4. The van der Waals surface area contributed by atoms with Crippen LogP contribution in [0.15, 0.2) is 81.9 Å². The van der Waals surface area contributed by atoms with Crippen LogP contribution >= 0.6 is 34.7 Å². The van der Waals surface area contributed by atoms with E-state index >= 15 is 0 Å².